The molecule has 0 aliphatic carbocycles. The molecule has 4 nitrogen and oxygen atoms in total. The third-order valence-electron chi connectivity index (χ3n) is 1.36. The van der Waals surface area contributed by atoms with Crippen molar-refractivity contribution in [2.45, 2.75) is 0 Å². The Morgan fingerprint density at radius 1 is 1.33 bits per heavy atom. The molecule has 2 aromatic heterocycles. The smallest absolute Gasteiger partial charge is 0.214 e. The topological polar surface area (TPSA) is 51.8 Å². The van der Waals surface area contributed by atoms with Gasteiger partial charge < -0.3 is 4.52 Å². The highest BCUT2D eigenvalue weighted by Gasteiger charge is 2.06. The van der Waals surface area contributed by atoms with Gasteiger partial charge in [-0.15, -0.1) is 0 Å². The first-order chi connectivity index (χ1) is 5.88. The van der Waals surface area contributed by atoms with E-state index in [1.54, 1.807) is 18.3 Å². The van der Waals surface area contributed by atoms with E-state index in [1.165, 1.54) is 6.39 Å². The molecule has 0 aliphatic heterocycles. The van der Waals surface area contributed by atoms with Gasteiger partial charge in [-0.25, -0.2) is 4.98 Å². The molecule has 0 atom stereocenters. The SMILES string of the molecule is Clc1ncccc1-c1ncon1. The van der Waals surface area contributed by atoms with Crippen LogP contribution in [-0.4, -0.2) is 15.1 Å². The highest BCUT2D eigenvalue weighted by molar-refractivity contribution is 6.31. The minimum atomic E-state index is 0.374. The standard InChI is InChI=1S/C7H4ClN3O/c8-6-5(2-1-3-9-6)7-10-4-12-11-7/h1-4H. The van der Waals surface area contributed by atoms with Crippen molar-refractivity contribution in [2.24, 2.45) is 0 Å². The van der Waals surface area contributed by atoms with E-state index in [0.717, 1.165) is 0 Å². The minimum Gasteiger partial charge on any atom is -0.342 e. The molecular formula is C7H4ClN3O. The summed E-state index contributed by atoms with van der Waals surface area (Å²) in [7, 11) is 0. The van der Waals surface area contributed by atoms with Gasteiger partial charge in [-0.2, -0.15) is 4.98 Å². The maximum atomic E-state index is 5.78. The number of halogens is 1. The van der Waals surface area contributed by atoms with Crippen LogP contribution in [0.15, 0.2) is 29.2 Å². The van der Waals surface area contributed by atoms with E-state index in [1.807, 2.05) is 0 Å². The lowest BCUT2D eigenvalue weighted by Crippen LogP contribution is -1.83. The molecule has 0 aromatic carbocycles. The second kappa shape index (κ2) is 2.91. The molecule has 0 amide bonds. The van der Waals surface area contributed by atoms with Gasteiger partial charge >= 0.3 is 0 Å². The highest BCUT2D eigenvalue weighted by Crippen LogP contribution is 2.21. The van der Waals surface area contributed by atoms with Gasteiger partial charge in [0.2, 0.25) is 12.2 Å². The molecule has 0 aliphatic rings. The molecule has 0 bridgehead atoms. The lowest BCUT2D eigenvalue weighted by Gasteiger charge is -1.94. The van der Waals surface area contributed by atoms with Gasteiger partial charge in [0.25, 0.3) is 0 Å². The van der Waals surface area contributed by atoms with Crippen molar-refractivity contribution in [1.29, 1.82) is 0 Å². The molecule has 0 saturated carbocycles. The van der Waals surface area contributed by atoms with Gasteiger partial charge in [-0.3, -0.25) is 0 Å². The number of hydrogen-bond donors (Lipinski definition) is 0. The second-order valence-electron chi connectivity index (χ2n) is 2.10. The summed E-state index contributed by atoms with van der Waals surface area (Å²) in [5.41, 5.74) is 0.674. The summed E-state index contributed by atoms with van der Waals surface area (Å²) in [5.74, 6) is 0.452. The van der Waals surface area contributed by atoms with Gasteiger partial charge in [0, 0.05) is 6.20 Å². The average Bonchev–Trinajstić information content (AvgIpc) is 2.57. The third kappa shape index (κ3) is 1.16. The molecule has 0 saturated heterocycles. The molecule has 0 spiro atoms. The molecule has 2 aromatic rings. The van der Waals surface area contributed by atoms with Gasteiger partial charge in [-0.1, -0.05) is 16.8 Å². The number of nitrogens with zero attached hydrogens (tertiary/aromatic N) is 3. The number of hydrogen-bond acceptors (Lipinski definition) is 4. The van der Waals surface area contributed by atoms with Gasteiger partial charge in [0.1, 0.15) is 5.15 Å². The summed E-state index contributed by atoms with van der Waals surface area (Å²) in [4.78, 5) is 7.72. The molecule has 0 N–H and O–H groups in total. The normalized spacial score (nSPS) is 10.1. The van der Waals surface area contributed by atoms with Crippen molar-refractivity contribution in [1.82, 2.24) is 15.1 Å². The third-order valence-corrected chi connectivity index (χ3v) is 1.66. The van der Waals surface area contributed by atoms with Gasteiger partial charge in [0.05, 0.1) is 5.56 Å². The Morgan fingerprint density at radius 2 is 2.25 bits per heavy atom. The van der Waals surface area contributed by atoms with Crippen molar-refractivity contribution in [3.05, 3.63) is 29.9 Å². The van der Waals surface area contributed by atoms with E-state index in [9.17, 15) is 0 Å². The van der Waals surface area contributed by atoms with Crippen LogP contribution in [0.25, 0.3) is 11.4 Å². The number of rotatable bonds is 1. The Bertz CT molecular complexity index is 374. The summed E-state index contributed by atoms with van der Waals surface area (Å²) in [6, 6.07) is 3.54. The summed E-state index contributed by atoms with van der Waals surface area (Å²) in [6.45, 7) is 0. The fourth-order valence-corrected chi connectivity index (χ4v) is 1.05. The first-order valence-electron chi connectivity index (χ1n) is 3.25. The maximum Gasteiger partial charge on any atom is 0.214 e. The monoisotopic (exact) mass is 181 g/mol. The quantitative estimate of drug-likeness (QED) is 0.630. The molecule has 5 heteroatoms. The molecule has 60 valence electrons. The van der Waals surface area contributed by atoms with E-state index in [4.69, 9.17) is 11.6 Å². The summed E-state index contributed by atoms with van der Waals surface area (Å²) in [6.07, 6.45) is 2.85. The lowest BCUT2D eigenvalue weighted by molar-refractivity contribution is 0.418. The Labute approximate surface area is 73.2 Å². The summed E-state index contributed by atoms with van der Waals surface area (Å²) < 4.78 is 4.58. The zero-order chi connectivity index (χ0) is 8.39. The van der Waals surface area contributed by atoms with Crippen LogP contribution in [-0.2, 0) is 0 Å². The zero-order valence-electron chi connectivity index (χ0n) is 5.94. The number of pyridine rings is 1. The fourth-order valence-electron chi connectivity index (χ4n) is 0.842. The first kappa shape index (κ1) is 7.24. The molecule has 2 heterocycles. The largest absolute Gasteiger partial charge is 0.342 e. The Hall–Kier alpha value is -1.42. The predicted molar refractivity (Wildman–Crippen MR) is 42.5 cm³/mol. The van der Waals surface area contributed by atoms with Gasteiger partial charge in [0.15, 0.2) is 0 Å². The van der Waals surface area contributed by atoms with Crippen molar-refractivity contribution >= 4 is 11.6 Å². The van der Waals surface area contributed by atoms with Crippen molar-refractivity contribution < 1.29 is 4.52 Å². The van der Waals surface area contributed by atoms with Crippen LogP contribution in [0, 0.1) is 0 Å². The average molecular weight is 182 g/mol. The van der Waals surface area contributed by atoms with E-state index in [0.29, 0.717) is 16.5 Å². The molecule has 0 fully saturated rings. The van der Waals surface area contributed by atoms with Crippen LogP contribution in [0.2, 0.25) is 5.15 Å². The van der Waals surface area contributed by atoms with Gasteiger partial charge in [-0.05, 0) is 12.1 Å². The van der Waals surface area contributed by atoms with E-state index in [2.05, 4.69) is 19.6 Å². The molecule has 0 radical (unpaired) electrons. The van der Waals surface area contributed by atoms with E-state index in [-0.39, 0.29) is 0 Å². The fraction of sp³-hybridized carbons (Fsp3) is 0. The van der Waals surface area contributed by atoms with Crippen molar-refractivity contribution in [3.8, 4) is 11.4 Å². The molecule has 0 unspecified atom stereocenters. The van der Waals surface area contributed by atoms with Crippen LogP contribution in [0.3, 0.4) is 0 Å². The van der Waals surface area contributed by atoms with E-state index < -0.39 is 0 Å². The van der Waals surface area contributed by atoms with E-state index >= 15 is 0 Å². The maximum absolute atomic E-state index is 5.78. The van der Waals surface area contributed by atoms with Crippen LogP contribution < -0.4 is 0 Å². The van der Waals surface area contributed by atoms with Crippen molar-refractivity contribution in [2.75, 3.05) is 0 Å². The Morgan fingerprint density at radius 3 is 2.92 bits per heavy atom. The highest BCUT2D eigenvalue weighted by atomic mass is 35.5. The van der Waals surface area contributed by atoms with Crippen LogP contribution in [0.1, 0.15) is 0 Å². The summed E-state index contributed by atoms with van der Waals surface area (Å²) in [5, 5.41) is 4.01. The first-order valence-corrected chi connectivity index (χ1v) is 3.63. The van der Waals surface area contributed by atoms with Crippen LogP contribution >= 0.6 is 11.6 Å². The van der Waals surface area contributed by atoms with Crippen molar-refractivity contribution in [3.63, 3.8) is 0 Å². The number of aromatic nitrogens is 3. The second-order valence-corrected chi connectivity index (χ2v) is 2.45. The Balaban J connectivity index is 2.55. The predicted octanol–water partition coefficient (Wildman–Crippen LogP) is 1.78. The molecule has 2 rings (SSSR count). The van der Waals surface area contributed by atoms with Crippen LogP contribution in [0.4, 0.5) is 0 Å². The molecule has 12 heavy (non-hydrogen) atoms. The zero-order valence-corrected chi connectivity index (χ0v) is 6.69. The van der Waals surface area contributed by atoms with Crippen LogP contribution in [0.5, 0.6) is 0 Å². The Kier molecular flexibility index (Phi) is 1.75. The molecular weight excluding hydrogens is 178 g/mol. The summed E-state index contributed by atoms with van der Waals surface area (Å²) >= 11 is 5.78. The lowest BCUT2D eigenvalue weighted by atomic mass is 10.3. The minimum absolute atomic E-state index is 0.374.